The lowest BCUT2D eigenvalue weighted by molar-refractivity contribution is 0.0686. The highest BCUT2D eigenvalue weighted by atomic mass is 35.5. The molecule has 2 aromatic rings. The van der Waals surface area contributed by atoms with E-state index < -0.39 is 5.97 Å². The van der Waals surface area contributed by atoms with Crippen LogP contribution in [0.15, 0.2) is 24.3 Å². The number of carboxylic acids is 1. The van der Waals surface area contributed by atoms with Crippen molar-refractivity contribution >= 4 is 17.6 Å². The highest BCUT2D eigenvalue weighted by Gasteiger charge is 2.22. The molecule has 0 amide bonds. The predicted octanol–water partition coefficient (Wildman–Crippen LogP) is 3.66. The Kier molecular flexibility index (Phi) is 3.62. The van der Waals surface area contributed by atoms with Crippen LogP contribution < -0.4 is 0 Å². The van der Waals surface area contributed by atoms with Gasteiger partial charge in [-0.2, -0.15) is 5.10 Å². The lowest BCUT2D eigenvalue weighted by Crippen LogP contribution is -2.09. The van der Waals surface area contributed by atoms with Gasteiger partial charge in [0.15, 0.2) is 5.69 Å². The van der Waals surface area contributed by atoms with Gasteiger partial charge in [-0.15, -0.1) is 0 Å². The lowest BCUT2D eigenvalue weighted by atomic mass is 10.1. The Hall–Kier alpha value is -1.81. The number of carbonyl (C=O) groups is 1. The van der Waals surface area contributed by atoms with Crippen molar-refractivity contribution in [3.8, 4) is 5.69 Å². The summed E-state index contributed by atoms with van der Waals surface area (Å²) in [6.45, 7) is 5.78. The fourth-order valence-corrected chi connectivity index (χ4v) is 2.21. The molecule has 1 aromatic carbocycles. The molecule has 0 saturated carbocycles. The molecule has 2 rings (SSSR count). The number of carboxylic acid groups (broad SMARTS) is 1. The normalized spacial score (nSPS) is 11.0. The molecule has 5 heteroatoms. The van der Waals surface area contributed by atoms with E-state index in [1.165, 1.54) is 4.68 Å². The average molecular weight is 279 g/mol. The van der Waals surface area contributed by atoms with Crippen LogP contribution in [0.3, 0.4) is 0 Å². The third kappa shape index (κ3) is 2.49. The van der Waals surface area contributed by atoms with Gasteiger partial charge in [-0.3, -0.25) is 0 Å². The first-order chi connectivity index (χ1) is 8.91. The van der Waals surface area contributed by atoms with E-state index in [1.807, 2.05) is 13.8 Å². The Morgan fingerprint density at radius 2 is 1.89 bits per heavy atom. The van der Waals surface area contributed by atoms with E-state index in [0.29, 0.717) is 16.3 Å². The summed E-state index contributed by atoms with van der Waals surface area (Å²) in [4.78, 5) is 11.4. The molecule has 4 nitrogen and oxygen atoms in total. The minimum absolute atomic E-state index is 0.173. The molecule has 0 fully saturated rings. The van der Waals surface area contributed by atoms with Crippen LogP contribution in [0, 0.1) is 6.92 Å². The van der Waals surface area contributed by atoms with Crippen LogP contribution in [-0.2, 0) is 0 Å². The van der Waals surface area contributed by atoms with Gasteiger partial charge in [0.1, 0.15) is 0 Å². The number of benzene rings is 1. The van der Waals surface area contributed by atoms with Crippen LogP contribution in [0.1, 0.15) is 41.5 Å². The quantitative estimate of drug-likeness (QED) is 0.932. The lowest BCUT2D eigenvalue weighted by Gasteiger charge is -2.04. The number of hydrogen-bond acceptors (Lipinski definition) is 2. The Bertz CT molecular complexity index is 615. The van der Waals surface area contributed by atoms with Crippen LogP contribution in [0.25, 0.3) is 5.69 Å². The molecule has 0 bridgehead atoms. The molecular weight excluding hydrogens is 264 g/mol. The van der Waals surface area contributed by atoms with Gasteiger partial charge in [0, 0.05) is 10.6 Å². The monoisotopic (exact) mass is 278 g/mol. The highest BCUT2D eigenvalue weighted by molar-refractivity contribution is 6.30. The third-order valence-electron chi connectivity index (χ3n) is 2.98. The number of hydrogen-bond donors (Lipinski definition) is 1. The van der Waals surface area contributed by atoms with E-state index in [9.17, 15) is 9.90 Å². The third-order valence-corrected chi connectivity index (χ3v) is 3.23. The topological polar surface area (TPSA) is 55.1 Å². The summed E-state index contributed by atoms with van der Waals surface area (Å²) in [7, 11) is 0. The van der Waals surface area contributed by atoms with Crippen LogP contribution in [0.5, 0.6) is 0 Å². The second kappa shape index (κ2) is 5.05. The van der Waals surface area contributed by atoms with Crippen molar-refractivity contribution in [2.45, 2.75) is 26.7 Å². The zero-order valence-corrected chi connectivity index (χ0v) is 11.8. The minimum Gasteiger partial charge on any atom is -0.477 e. The number of aromatic nitrogens is 2. The van der Waals surface area contributed by atoms with E-state index in [4.69, 9.17) is 11.6 Å². The minimum atomic E-state index is -0.980. The van der Waals surface area contributed by atoms with E-state index >= 15 is 0 Å². The molecule has 1 heterocycles. The van der Waals surface area contributed by atoms with Gasteiger partial charge in [-0.25, -0.2) is 9.48 Å². The van der Waals surface area contributed by atoms with E-state index in [2.05, 4.69) is 5.10 Å². The van der Waals surface area contributed by atoms with Crippen LogP contribution in [0.4, 0.5) is 0 Å². The number of halogens is 1. The first-order valence-electron chi connectivity index (χ1n) is 6.00. The second-order valence-corrected chi connectivity index (χ2v) is 5.14. The molecule has 0 spiro atoms. The summed E-state index contributed by atoms with van der Waals surface area (Å²) in [5.41, 5.74) is 2.40. The summed E-state index contributed by atoms with van der Waals surface area (Å²) >= 11 is 5.84. The molecule has 0 radical (unpaired) electrons. The van der Waals surface area contributed by atoms with Crippen molar-refractivity contribution in [1.82, 2.24) is 9.78 Å². The van der Waals surface area contributed by atoms with Gasteiger partial charge in [0.2, 0.25) is 0 Å². The first-order valence-corrected chi connectivity index (χ1v) is 6.38. The fraction of sp³-hybridized carbons (Fsp3) is 0.286. The zero-order chi connectivity index (χ0) is 14.2. The van der Waals surface area contributed by atoms with Gasteiger partial charge >= 0.3 is 5.97 Å². The molecule has 0 unspecified atom stereocenters. The van der Waals surface area contributed by atoms with E-state index in [1.54, 1.807) is 31.2 Å². The molecule has 0 aliphatic heterocycles. The molecule has 0 aliphatic rings. The molecule has 0 aliphatic carbocycles. The molecule has 0 saturated heterocycles. The number of nitrogens with zero attached hydrogens (tertiary/aromatic N) is 2. The largest absolute Gasteiger partial charge is 0.477 e. The van der Waals surface area contributed by atoms with Crippen LogP contribution in [0.2, 0.25) is 5.02 Å². The molecule has 100 valence electrons. The van der Waals surface area contributed by atoms with E-state index in [-0.39, 0.29) is 11.6 Å². The number of aromatic carboxylic acids is 1. The zero-order valence-electron chi connectivity index (χ0n) is 11.0. The van der Waals surface area contributed by atoms with Gasteiger partial charge in [0.05, 0.1) is 11.4 Å². The molecular formula is C14H15ClN2O2. The van der Waals surface area contributed by atoms with Gasteiger partial charge in [0.25, 0.3) is 0 Å². The standard InChI is InChI=1S/C14H15ClN2O2/c1-8(2)12-9(3)13(14(18)19)17(16-12)11-6-4-10(15)5-7-11/h4-8H,1-3H3,(H,18,19). The predicted molar refractivity (Wildman–Crippen MR) is 74.4 cm³/mol. The Morgan fingerprint density at radius 3 is 2.37 bits per heavy atom. The van der Waals surface area contributed by atoms with Crippen molar-refractivity contribution in [1.29, 1.82) is 0 Å². The van der Waals surface area contributed by atoms with Gasteiger partial charge in [-0.05, 0) is 37.1 Å². The Labute approximate surface area is 116 Å². The van der Waals surface area contributed by atoms with Crippen LogP contribution in [-0.4, -0.2) is 20.9 Å². The Balaban J connectivity index is 2.65. The molecule has 1 N–H and O–H groups in total. The van der Waals surface area contributed by atoms with E-state index in [0.717, 1.165) is 5.69 Å². The van der Waals surface area contributed by atoms with Crippen molar-refractivity contribution in [3.05, 3.63) is 46.2 Å². The maximum Gasteiger partial charge on any atom is 0.354 e. The summed E-state index contributed by atoms with van der Waals surface area (Å²) in [6.07, 6.45) is 0. The molecule has 19 heavy (non-hydrogen) atoms. The van der Waals surface area contributed by atoms with Crippen LogP contribution >= 0.6 is 11.6 Å². The maximum atomic E-state index is 11.4. The second-order valence-electron chi connectivity index (χ2n) is 4.71. The fourth-order valence-electron chi connectivity index (χ4n) is 2.08. The average Bonchev–Trinajstić information content (AvgIpc) is 2.68. The highest BCUT2D eigenvalue weighted by Crippen LogP contribution is 2.24. The summed E-state index contributed by atoms with van der Waals surface area (Å²) in [6, 6.07) is 6.94. The van der Waals surface area contributed by atoms with Gasteiger partial charge in [-0.1, -0.05) is 25.4 Å². The molecule has 0 atom stereocenters. The van der Waals surface area contributed by atoms with Crippen molar-refractivity contribution in [2.75, 3.05) is 0 Å². The number of rotatable bonds is 3. The maximum absolute atomic E-state index is 11.4. The van der Waals surface area contributed by atoms with Crippen molar-refractivity contribution in [3.63, 3.8) is 0 Å². The van der Waals surface area contributed by atoms with Crippen molar-refractivity contribution in [2.24, 2.45) is 0 Å². The summed E-state index contributed by atoms with van der Waals surface area (Å²) < 4.78 is 1.46. The van der Waals surface area contributed by atoms with Gasteiger partial charge < -0.3 is 5.11 Å². The smallest absolute Gasteiger partial charge is 0.354 e. The Morgan fingerprint density at radius 1 is 1.32 bits per heavy atom. The summed E-state index contributed by atoms with van der Waals surface area (Å²) in [5.74, 6) is -0.807. The summed E-state index contributed by atoms with van der Waals surface area (Å²) in [5, 5.41) is 14.4. The first kappa shape index (κ1) is 13.6. The SMILES string of the molecule is Cc1c(C(C)C)nn(-c2ccc(Cl)cc2)c1C(=O)O. The van der Waals surface area contributed by atoms with Crippen molar-refractivity contribution < 1.29 is 9.90 Å². The molecule has 1 aromatic heterocycles.